The number of hydrogen-bond donors (Lipinski definition) is 0. The van der Waals surface area contributed by atoms with Gasteiger partial charge in [-0.05, 0) is 49.2 Å². The van der Waals surface area contributed by atoms with Crippen molar-refractivity contribution in [2.24, 2.45) is 0 Å². The summed E-state index contributed by atoms with van der Waals surface area (Å²) in [6.45, 7) is 3.96. The Labute approximate surface area is 137 Å². The van der Waals surface area contributed by atoms with Crippen molar-refractivity contribution in [3.05, 3.63) is 59.7 Å². The zero-order valence-electron chi connectivity index (χ0n) is 14.0. The van der Waals surface area contributed by atoms with Crippen LogP contribution in [0.2, 0.25) is 0 Å². The predicted molar refractivity (Wildman–Crippen MR) is 95.5 cm³/mol. The minimum absolute atomic E-state index is 0.651. The van der Waals surface area contributed by atoms with Crippen LogP contribution in [0.4, 0.5) is 0 Å². The monoisotopic (exact) mass is 310 g/mol. The van der Waals surface area contributed by atoms with E-state index in [2.05, 4.69) is 0 Å². The van der Waals surface area contributed by atoms with Gasteiger partial charge in [-0.1, -0.05) is 36.4 Å². The molecule has 0 aliphatic carbocycles. The first-order chi connectivity index (χ1) is 11.2. The third-order valence-corrected chi connectivity index (χ3v) is 3.31. The lowest BCUT2D eigenvalue weighted by molar-refractivity contribution is 0.356. The second kappa shape index (κ2) is 8.08. The van der Waals surface area contributed by atoms with E-state index < -0.39 is 0 Å². The fourth-order valence-corrected chi connectivity index (χ4v) is 2.25. The van der Waals surface area contributed by atoms with Crippen molar-refractivity contribution in [2.45, 2.75) is 13.8 Å². The van der Waals surface area contributed by atoms with Gasteiger partial charge in [0.1, 0.15) is 0 Å². The van der Waals surface area contributed by atoms with E-state index in [9.17, 15) is 0 Å². The van der Waals surface area contributed by atoms with Gasteiger partial charge in [-0.3, -0.25) is 0 Å². The van der Waals surface area contributed by atoms with Gasteiger partial charge in [0.15, 0.2) is 23.0 Å². The second-order valence-corrected chi connectivity index (χ2v) is 4.92. The number of methoxy groups -OCH3 is 2. The average molecular weight is 310 g/mol. The molecule has 3 nitrogen and oxygen atoms in total. The average Bonchev–Trinajstić information content (AvgIpc) is 2.57. The maximum absolute atomic E-state index is 5.99. The molecule has 0 N–H and O–H groups in total. The van der Waals surface area contributed by atoms with Gasteiger partial charge in [0, 0.05) is 0 Å². The number of ether oxygens (including phenoxy) is 3. The van der Waals surface area contributed by atoms with Gasteiger partial charge in [-0.2, -0.15) is 0 Å². The zero-order valence-corrected chi connectivity index (χ0v) is 14.0. The van der Waals surface area contributed by atoms with Gasteiger partial charge in [-0.15, -0.1) is 0 Å². The molecule has 2 aromatic rings. The molecule has 0 radical (unpaired) electrons. The number of allylic oxidation sites excluding steroid dienone is 2. The normalized spacial score (nSPS) is 11.1. The van der Waals surface area contributed by atoms with Crippen molar-refractivity contribution in [2.75, 3.05) is 14.2 Å². The van der Waals surface area contributed by atoms with Crippen LogP contribution in [0.3, 0.4) is 0 Å². The van der Waals surface area contributed by atoms with Crippen molar-refractivity contribution in [3.8, 4) is 23.0 Å². The molecule has 0 heterocycles. The molecule has 0 atom stereocenters. The molecular formula is C20H22O3. The van der Waals surface area contributed by atoms with Crippen molar-refractivity contribution in [1.82, 2.24) is 0 Å². The first-order valence-corrected chi connectivity index (χ1v) is 7.51. The summed E-state index contributed by atoms with van der Waals surface area (Å²) >= 11 is 0. The Balaban J connectivity index is 2.34. The Morgan fingerprint density at radius 1 is 0.652 bits per heavy atom. The fourth-order valence-electron chi connectivity index (χ4n) is 2.25. The molecule has 0 unspecified atom stereocenters. The van der Waals surface area contributed by atoms with Crippen molar-refractivity contribution >= 4 is 12.2 Å². The van der Waals surface area contributed by atoms with E-state index in [0.29, 0.717) is 23.0 Å². The molecule has 0 aromatic heterocycles. The summed E-state index contributed by atoms with van der Waals surface area (Å²) in [7, 11) is 3.27. The van der Waals surface area contributed by atoms with Gasteiger partial charge < -0.3 is 14.2 Å². The SMILES string of the molecule is CC=Cc1ccc(Oc2ccc(C=CC)cc2OC)c(OC)c1. The Kier molecular flexibility index (Phi) is 5.87. The van der Waals surface area contributed by atoms with Gasteiger partial charge in [0.2, 0.25) is 0 Å². The molecule has 23 heavy (non-hydrogen) atoms. The van der Waals surface area contributed by atoms with Crippen LogP contribution in [-0.4, -0.2) is 14.2 Å². The zero-order chi connectivity index (χ0) is 16.7. The number of benzene rings is 2. The van der Waals surface area contributed by atoms with Crippen LogP contribution >= 0.6 is 0 Å². The lowest BCUT2D eigenvalue weighted by Gasteiger charge is -2.14. The van der Waals surface area contributed by atoms with Crippen molar-refractivity contribution in [3.63, 3.8) is 0 Å². The topological polar surface area (TPSA) is 27.7 Å². The summed E-state index contributed by atoms with van der Waals surface area (Å²) < 4.78 is 16.8. The summed E-state index contributed by atoms with van der Waals surface area (Å²) in [5.74, 6) is 2.66. The molecule has 0 bridgehead atoms. The van der Waals surface area contributed by atoms with Gasteiger partial charge in [0.25, 0.3) is 0 Å². The van der Waals surface area contributed by atoms with Crippen LogP contribution in [-0.2, 0) is 0 Å². The van der Waals surface area contributed by atoms with E-state index >= 15 is 0 Å². The van der Waals surface area contributed by atoms with E-state index in [1.807, 2.05) is 74.5 Å². The Morgan fingerprint density at radius 3 is 1.43 bits per heavy atom. The van der Waals surface area contributed by atoms with Crippen molar-refractivity contribution < 1.29 is 14.2 Å². The van der Waals surface area contributed by atoms with Gasteiger partial charge >= 0.3 is 0 Å². The summed E-state index contributed by atoms with van der Waals surface area (Å²) in [5, 5.41) is 0. The van der Waals surface area contributed by atoms with Crippen LogP contribution in [0, 0.1) is 0 Å². The van der Waals surface area contributed by atoms with Crippen LogP contribution < -0.4 is 14.2 Å². The summed E-state index contributed by atoms with van der Waals surface area (Å²) in [5.41, 5.74) is 2.12. The quantitative estimate of drug-likeness (QED) is 0.699. The molecule has 0 fully saturated rings. The molecular weight excluding hydrogens is 288 g/mol. The number of rotatable bonds is 6. The smallest absolute Gasteiger partial charge is 0.169 e. The highest BCUT2D eigenvalue weighted by Gasteiger charge is 2.10. The highest BCUT2D eigenvalue weighted by Crippen LogP contribution is 2.37. The lowest BCUT2D eigenvalue weighted by Crippen LogP contribution is -1.94. The molecule has 0 aliphatic heterocycles. The molecule has 0 saturated heterocycles. The lowest BCUT2D eigenvalue weighted by atomic mass is 10.1. The Morgan fingerprint density at radius 2 is 1.09 bits per heavy atom. The fraction of sp³-hybridized carbons (Fsp3) is 0.200. The molecule has 0 amide bonds. The Bertz CT molecular complexity index is 653. The summed E-state index contributed by atoms with van der Waals surface area (Å²) in [6.07, 6.45) is 7.99. The maximum atomic E-state index is 5.99. The van der Waals surface area contributed by atoms with E-state index in [1.165, 1.54) is 0 Å². The van der Waals surface area contributed by atoms with E-state index in [4.69, 9.17) is 14.2 Å². The highest BCUT2D eigenvalue weighted by molar-refractivity contribution is 5.59. The maximum Gasteiger partial charge on any atom is 0.169 e. The first kappa shape index (κ1) is 16.7. The minimum atomic E-state index is 0.651. The van der Waals surface area contributed by atoms with E-state index in [1.54, 1.807) is 14.2 Å². The predicted octanol–water partition coefficient (Wildman–Crippen LogP) is 5.56. The third-order valence-electron chi connectivity index (χ3n) is 3.31. The molecule has 120 valence electrons. The van der Waals surface area contributed by atoms with Crippen LogP contribution in [0.5, 0.6) is 23.0 Å². The molecule has 0 saturated carbocycles. The first-order valence-electron chi connectivity index (χ1n) is 7.51. The van der Waals surface area contributed by atoms with Gasteiger partial charge in [-0.25, -0.2) is 0 Å². The van der Waals surface area contributed by atoms with E-state index in [0.717, 1.165) is 11.1 Å². The Hall–Kier alpha value is -2.68. The molecule has 0 aliphatic rings. The van der Waals surface area contributed by atoms with Crippen LogP contribution in [0.15, 0.2) is 48.6 Å². The molecule has 2 aromatic carbocycles. The molecule has 0 spiro atoms. The number of hydrogen-bond acceptors (Lipinski definition) is 3. The summed E-state index contributed by atoms with van der Waals surface area (Å²) in [6, 6.07) is 11.6. The molecule has 3 heteroatoms. The summed E-state index contributed by atoms with van der Waals surface area (Å²) in [4.78, 5) is 0. The van der Waals surface area contributed by atoms with Gasteiger partial charge in [0.05, 0.1) is 14.2 Å². The minimum Gasteiger partial charge on any atom is -0.493 e. The van der Waals surface area contributed by atoms with Crippen LogP contribution in [0.1, 0.15) is 25.0 Å². The van der Waals surface area contributed by atoms with E-state index in [-0.39, 0.29) is 0 Å². The largest absolute Gasteiger partial charge is 0.493 e. The van der Waals surface area contributed by atoms with Crippen molar-refractivity contribution in [1.29, 1.82) is 0 Å². The molecule has 2 rings (SSSR count). The standard InChI is InChI=1S/C20H22O3/c1-5-7-15-9-11-17(19(13-15)21-3)23-18-12-10-16(8-6-2)14-20(18)22-4/h5-14H,1-4H3. The van der Waals surface area contributed by atoms with Crippen LogP contribution in [0.25, 0.3) is 12.2 Å². The third kappa shape index (κ3) is 4.16. The highest BCUT2D eigenvalue weighted by atomic mass is 16.5. The second-order valence-electron chi connectivity index (χ2n) is 4.92.